The summed E-state index contributed by atoms with van der Waals surface area (Å²) in [6.45, 7) is 8.43. The Hall–Kier alpha value is -1.42. The summed E-state index contributed by atoms with van der Waals surface area (Å²) in [5.41, 5.74) is 0.702. The number of carbonyl (C=O) groups excluding carboxylic acids is 1. The van der Waals surface area contributed by atoms with Gasteiger partial charge < -0.3 is 10.2 Å². The Morgan fingerprint density at radius 2 is 2.05 bits per heavy atom. The van der Waals surface area contributed by atoms with E-state index in [0.29, 0.717) is 6.54 Å². The Kier molecular flexibility index (Phi) is 4.99. The minimum atomic E-state index is -0.274. The molecule has 1 N–H and O–H groups in total. The molecule has 21 heavy (non-hydrogen) atoms. The van der Waals surface area contributed by atoms with Gasteiger partial charge in [-0.15, -0.1) is 0 Å². The molecule has 0 aliphatic carbocycles. The zero-order valence-electron chi connectivity index (χ0n) is 13.2. The second-order valence-electron chi connectivity index (χ2n) is 5.88. The number of hydrogen-bond acceptors (Lipinski definition) is 2. The summed E-state index contributed by atoms with van der Waals surface area (Å²) in [5.74, 6) is -0.0281. The van der Waals surface area contributed by atoms with Crippen molar-refractivity contribution < 1.29 is 9.18 Å². The van der Waals surface area contributed by atoms with Crippen LogP contribution >= 0.6 is 0 Å². The van der Waals surface area contributed by atoms with Crippen molar-refractivity contribution in [2.75, 3.05) is 19.6 Å². The van der Waals surface area contributed by atoms with Gasteiger partial charge in [0, 0.05) is 13.1 Å². The van der Waals surface area contributed by atoms with Crippen LogP contribution in [0.5, 0.6) is 0 Å². The number of nitrogens with one attached hydrogen (secondary N) is 1. The number of nitrogens with zero attached hydrogens (tertiary/aromatic N) is 1. The number of hydrogen-bond donors (Lipinski definition) is 1. The Bertz CT molecular complexity index is 480. The Morgan fingerprint density at radius 3 is 2.52 bits per heavy atom. The normalized spacial score (nSPS) is 23.0. The Morgan fingerprint density at radius 1 is 1.38 bits per heavy atom. The molecule has 2 rings (SSSR count). The molecule has 0 spiro atoms. The minimum Gasteiger partial charge on any atom is -0.336 e. The molecular weight excluding hydrogens is 267 g/mol. The molecule has 2 unspecified atom stereocenters. The van der Waals surface area contributed by atoms with E-state index in [0.717, 1.165) is 31.5 Å². The predicted molar refractivity (Wildman–Crippen MR) is 82.4 cm³/mol. The van der Waals surface area contributed by atoms with E-state index in [1.54, 1.807) is 12.1 Å². The van der Waals surface area contributed by atoms with E-state index in [1.165, 1.54) is 12.1 Å². The number of amides is 1. The maximum absolute atomic E-state index is 13.1. The summed E-state index contributed by atoms with van der Waals surface area (Å²) in [7, 11) is 0. The van der Waals surface area contributed by atoms with E-state index in [1.807, 2.05) is 18.7 Å². The minimum absolute atomic E-state index is 0.0351. The average molecular weight is 292 g/mol. The summed E-state index contributed by atoms with van der Waals surface area (Å²) >= 11 is 0. The highest BCUT2D eigenvalue weighted by atomic mass is 19.1. The molecule has 1 aliphatic heterocycles. The van der Waals surface area contributed by atoms with Gasteiger partial charge in [-0.05, 0) is 50.9 Å². The highest BCUT2D eigenvalue weighted by Gasteiger charge is 2.42. The predicted octanol–water partition coefficient (Wildman–Crippen LogP) is 3.12. The van der Waals surface area contributed by atoms with Crippen molar-refractivity contribution in [3.63, 3.8) is 0 Å². The molecule has 1 fully saturated rings. The van der Waals surface area contributed by atoms with Gasteiger partial charge in [0.15, 0.2) is 0 Å². The topological polar surface area (TPSA) is 32.3 Å². The fourth-order valence-corrected chi connectivity index (χ4v) is 3.20. The molecule has 3 nitrogen and oxygen atoms in total. The quantitative estimate of drug-likeness (QED) is 0.904. The van der Waals surface area contributed by atoms with Crippen molar-refractivity contribution in [2.45, 2.75) is 39.7 Å². The molecule has 1 amide bonds. The molecule has 1 aromatic carbocycles. The summed E-state index contributed by atoms with van der Waals surface area (Å²) in [6, 6.07) is 6.41. The van der Waals surface area contributed by atoms with Gasteiger partial charge in [0.2, 0.25) is 5.91 Å². The van der Waals surface area contributed by atoms with Crippen LogP contribution in [-0.2, 0) is 4.79 Å². The maximum Gasteiger partial charge on any atom is 0.230 e. The van der Waals surface area contributed by atoms with Crippen molar-refractivity contribution in [2.24, 2.45) is 5.41 Å². The third-order valence-corrected chi connectivity index (χ3v) is 4.80. The van der Waals surface area contributed by atoms with Crippen LogP contribution in [0.4, 0.5) is 4.39 Å². The third kappa shape index (κ3) is 3.10. The van der Waals surface area contributed by atoms with E-state index in [-0.39, 0.29) is 23.2 Å². The average Bonchev–Trinajstić information content (AvgIpc) is 2.98. The van der Waals surface area contributed by atoms with Gasteiger partial charge in [-0.1, -0.05) is 19.1 Å². The van der Waals surface area contributed by atoms with E-state index >= 15 is 0 Å². The zero-order valence-corrected chi connectivity index (χ0v) is 13.2. The van der Waals surface area contributed by atoms with E-state index in [9.17, 15) is 9.18 Å². The van der Waals surface area contributed by atoms with Crippen molar-refractivity contribution in [1.82, 2.24) is 10.2 Å². The highest BCUT2D eigenvalue weighted by Crippen LogP contribution is 2.34. The van der Waals surface area contributed by atoms with E-state index < -0.39 is 0 Å². The molecule has 0 saturated carbocycles. The van der Waals surface area contributed by atoms with Crippen LogP contribution in [0.2, 0.25) is 0 Å². The molecule has 116 valence electrons. The van der Waals surface area contributed by atoms with Gasteiger partial charge in [-0.2, -0.15) is 0 Å². The number of rotatable bonds is 5. The van der Waals surface area contributed by atoms with Crippen LogP contribution in [0.15, 0.2) is 24.3 Å². The molecular formula is C17H25FN2O. The first-order valence-electron chi connectivity index (χ1n) is 7.81. The highest BCUT2D eigenvalue weighted by molar-refractivity contribution is 5.83. The van der Waals surface area contributed by atoms with Crippen LogP contribution in [0.3, 0.4) is 0 Å². The van der Waals surface area contributed by atoms with Crippen LogP contribution in [0, 0.1) is 11.2 Å². The second kappa shape index (κ2) is 6.56. The fraction of sp³-hybridized carbons (Fsp3) is 0.588. The lowest BCUT2D eigenvalue weighted by Gasteiger charge is -2.36. The fourth-order valence-electron chi connectivity index (χ4n) is 3.20. The number of halogens is 1. The van der Waals surface area contributed by atoms with Crippen molar-refractivity contribution in [3.8, 4) is 0 Å². The van der Waals surface area contributed by atoms with Gasteiger partial charge in [0.05, 0.1) is 11.5 Å². The van der Waals surface area contributed by atoms with Crippen LogP contribution < -0.4 is 5.32 Å². The Labute approximate surface area is 126 Å². The van der Waals surface area contributed by atoms with Crippen LogP contribution in [0.25, 0.3) is 0 Å². The smallest absolute Gasteiger partial charge is 0.230 e. The lowest BCUT2D eigenvalue weighted by atomic mass is 9.82. The van der Waals surface area contributed by atoms with E-state index in [2.05, 4.69) is 12.2 Å². The van der Waals surface area contributed by atoms with Gasteiger partial charge in [0.25, 0.3) is 0 Å². The van der Waals surface area contributed by atoms with E-state index in [4.69, 9.17) is 0 Å². The molecule has 4 heteroatoms. The summed E-state index contributed by atoms with van der Waals surface area (Å²) < 4.78 is 13.1. The zero-order chi connectivity index (χ0) is 15.5. The lowest BCUT2D eigenvalue weighted by Crippen LogP contribution is -2.46. The molecule has 0 bridgehead atoms. The first kappa shape index (κ1) is 16.0. The summed E-state index contributed by atoms with van der Waals surface area (Å²) in [4.78, 5) is 14.9. The first-order chi connectivity index (χ1) is 10.0. The monoisotopic (exact) mass is 292 g/mol. The van der Waals surface area contributed by atoms with Crippen molar-refractivity contribution >= 4 is 5.91 Å². The molecule has 1 aliphatic rings. The summed E-state index contributed by atoms with van der Waals surface area (Å²) in [5, 5.41) is 3.31. The Balaban J connectivity index is 2.22. The molecule has 1 aromatic rings. The van der Waals surface area contributed by atoms with Crippen LogP contribution in [-0.4, -0.2) is 30.4 Å². The third-order valence-electron chi connectivity index (χ3n) is 4.80. The van der Waals surface area contributed by atoms with Gasteiger partial charge in [-0.25, -0.2) is 4.39 Å². The second-order valence-corrected chi connectivity index (χ2v) is 5.88. The van der Waals surface area contributed by atoms with Crippen LogP contribution in [0.1, 0.15) is 45.2 Å². The van der Waals surface area contributed by atoms with Gasteiger partial charge >= 0.3 is 0 Å². The SMILES string of the molecule is CCN(C(=O)C1(CC)CCNC1)C(C)c1ccc(F)cc1. The number of benzene rings is 1. The molecule has 1 saturated heterocycles. The molecule has 0 radical (unpaired) electrons. The molecule has 1 heterocycles. The largest absolute Gasteiger partial charge is 0.336 e. The standard InChI is InChI=1S/C17H25FN2O/c1-4-17(10-11-19-12-17)16(21)20(5-2)13(3)14-6-8-15(18)9-7-14/h6-9,13,19H,4-5,10-12H2,1-3H3. The van der Waals surface area contributed by atoms with Gasteiger partial charge in [0.1, 0.15) is 5.82 Å². The maximum atomic E-state index is 13.1. The first-order valence-corrected chi connectivity index (χ1v) is 7.81. The summed E-state index contributed by atoms with van der Waals surface area (Å²) in [6.07, 6.45) is 1.75. The van der Waals surface area contributed by atoms with Crippen molar-refractivity contribution in [3.05, 3.63) is 35.6 Å². The number of carbonyl (C=O) groups is 1. The molecule has 0 aromatic heterocycles. The molecule has 2 atom stereocenters. The lowest BCUT2D eigenvalue weighted by molar-refractivity contribution is -0.143. The van der Waals surface area contributed by atoms with Gasteiger partial charge in [-0.3, -0.25) is 4.79 Å². The van der Waals surface area contributed by atoms with Crippen molar-refractivity contribution in [1.29, 1.82) is 0 Å².